The van der Waals surface area contributed by atoms with E-state index in [1.165, 1.54) is 0 Å². The van der Waals surface area contributed by atoms with Crippen molar-refractivity contribution in [1.29, 1.82) is 0 Å². The van der Waals surface area contributed by atoms with Crippen LogP contribution in [0.5, 0.6) is 0 Å². The third-order valence-corrected chi connectivity index (χ3v) is 4.49. The van der Waals surface area contributed by atoms with Gasteiger partial charge < -0.3 is 4.42 Å². The molecule has 0 saturated heterocycles. The highest BCUT2D eigenvalue weighted by molar-refractivity contribution is 7.89. The lowest BCUT2D eigenvalue weighted by Crippen LogP contribution is -2.23. The van der Waals surface area contributed by atoms with E-state index < -0.39 is 15.8 Å². The summed E-state index contributed by atoms with van der Waals surface area (Å²) in [4.78, 5) is -0.0817. The SMILES string of the molecule is Cc1cc(CNS(=O)(=O)c2ccc(F)c(Cl)c2)c(C)o1. The molecule has 0 fully saturated rings. The summed E-state index contributed by atoms with van der Waals surface area (Å²) < 4.78 is 44.9. The van der Waals surface area contributed by atoms with Gasteiger partial charge in [0.2, 0.25) is 10.0 Å². The molecular weight excluding hydrogens is 305 g/mol. The lowest BCUT2D eigenvalue weighted by Gasteiger charge is -2.06. The average molecular weight is 318 g/mol. The van der Waals surface area contributed by atoms with Gasteiger partial charge in [-0.05, 0) is 38.1 Å². The van der Waals surface area contributed by atoms with Crippen LogP contribution in [-0.2, 0) is 16.6 Å². The Balaban J connectivity index is 2.19. The van der Waals surface area contributed by atoms with E-state index in [0.29, 0.717) is 11.5 Å². The number of halogens is 2. The zero-order valence-electron chi connectivity index (χ0n) is 10.9. The molecule has 7 heteroatoms. The lowest BCUT2D eigenvalue weighted by atomic mass is 10.2. The van der Waals surface area contributed by atoms with Gasteiger partial charge in [-0.1, -0.05) is 11.6 Å². The molecule has 1 heterocycles. The lowest BCUT2D eigenvalue weighted by molar-refractivity contribution is 0.500. The van der Waals surface area contributed by atoms with E-state index in [9.17, 15) is 12.8 Å². The van der Waals surface area contributed by atoms with E-state index in [-0.39, 0.29) is 16.5 Å². The number of benzene rings is 1. The molecule has 20 heavy (non-hydrogen) atoms. The summed E-state index contributed by atoms with van der Waals surface area (Å²) in [5.74, 6) is 0.704. The summed E-state index contributed by atoms with van der Waals surface area (Å²) >= 11 is 5.58. The van der Waals surface area contributed by atoms with Crippen LogP contribution in [0.1, 0.15) is 17.1 Å². The molecule has 2 aromatic rings. The summed E-state index contributed by atoms with van der Waals surface area (Å²) in [5.41, 5.74) is 0.749. The monoisotopic (exact) mass is 317 g/mol. The van der Waals surface area contributed by atoms with E-state index in [1.54, 1.807) is 19.9 Å². The smallest absolute Gasteiger partial charge is 0.240 e. The Hall–Kier alpha value is -1.37. The Morgan fingerprint density at radius 2 is 2.00 bits per heavy atom. The summed E-state index contributed by atoms with van der Waals surface area (Å²) in [5, 5.41) is -0.233. The first-order chi connectivity index (χ1) is 9.29. The van der Waals surface area contributed by atoms with Crippen molar-refractivity contribution in [1.82, 2.24) is 4.72 Å². The van der Waals surface area contributed by atoms with Gasteiger partial charge in [0.25, 0.3) is 0 Å². The topological polar surface area (TPSA) is 59.3 Å². The minimum absolute atomic E-state index is 0.0817. The standard InChI is InChI=1S/C13H13ClFNO3S/c1-8-5-10(9(2)19-8)7-16-20(17,18)11-3-4-13(15)12(14)6-11/h3-6,16H,7H2,1-2H3. The first-order valence-electron chi connectivity index (χ1n) is 5.80. The Bertz CT molecular complexity index is 740. The van der Waals surface area contributed by atoms with Crippen molar-refractivity contribution in [2.75, 3.05) is 0 Å². The maximum atomic E-state index is 13.0. The molecule has 108 valence electrons. The normalized spacial score (nSPS) is 11.8. The van der Waals surface area contributed by atoms with E-state index in [0.717, 1.165) is 23.8 Å². The molecule has 0 saturated carbocycles. The third-order valence-electron chi connectivity index (χ3n) is 2.80. The number of nitrogens with one attached hydrogen (secondary N) is 1. The van der Waals surface area contributed by atoms with Crippen molar-refractivity contribution in [2.45, 2.75) is 25.3 Å². The Kier molecular flexibility index (Phi) is 4.17. The van der Waals surface area contributed by atoms with Gasteiger partial charge >= 0.3 is 0 Å². The number of furan rings is 1. The van der Waals surface area contributed by atoms with Crippen LogP contribution in [-0.4, -0.2) is 8.42 Å². The number of sulfonamides is 1. The minimum atomic E-state index is -3.75. The molecule has 0 spiro atoms. The molecule has 1 aromatic heterocycles. The van der Waals surface area contributed by atoms with Crippen LogP contribution in [0.3, 0.4) is 0 Å². The second-order valence-electron chi connectivity index (χ2n) is 4.34. The number of rotatable bonds is 4. The van der Waals surface area contributed by atoms with Gasteiger partial charge in [-0.3, -0.25) is 0 Å². The molecule has 1 aromatic carbocycles. The number of hydrogen-bond donors (Lipinski definition) is 1. The van der Waals surface area contributed by atoms with Crippen LogP contribution in [0.4, 0.5) is 4.39 Å². The molecule has 2 rings (SSSR count). The van der Waals surface area contributed by atoms with E-state index >= 15 is 0 Å². The Morgan fingerprint density at radius 1 is 1.30 bits per heavy atom. The molecule has 0 aliphatic carbocycles. The van der Waals surface area contributed by atoms with Crippen LogP contribution in [0, 0.1) is 19.7 Å². The third kappa shape index (κ3) is 3.20. The molecule has 0 aliphatic heterocycles. The van der Waals surface area contributed by atoms with Crippen molar-refractivity contribution in [3.8, 4) is 0 Å². The van der Waals surface area contributed by atoms with Crippen LogP contribution in [0.15, 0.2) is 33.6 Å². The fourth-order valence-electron chi connectivity index (χ4n) is 1.76. The summed E-state index contributed by atoms with van der Waals surface area (Å²) in [6, 6.07) is 5.02. The number of aryl methyl sites for hydroxylation is 2. The fourth-order valence-corrected chi connectivity index (χ4v) is 3.04. The van der Waals surface area contributed by atoms with Crippen LogP contribution in [0.2, 0.25) is 5.02 Å². The maximum absolute atomic E-state index is 13.0. The van der Waals surface area contributed by atoms with Gasteiger partial charge in [0.05, 0.1) is 9.92 Å². The zero-order valence-corrected chi connectivity index (χ0v) is 12.5. The molecular formula is C13H13ClFNO3S. The molecule has 4 nitrogen and oxygen atoms in total. The van der Waals surface area contributed by atoms with Crippen molar-refractivity contribution >= 4 is 21.6 Å². The first kappa shape index (κ1) is 15.0. The second-order valence-corrected chi connectivity index (χ2v) is 6.51. The highest BCUT2D eigenvalue weighted by atomic mass is 35.5. The zero-order chi connectivity index (χ0) is 14.9. The van der Waals surface area contributed by atoms with Gasteiger partial charge in [0.1, 0.15) is 17.3 Å². The average Bonchev–Trinajstić information content (AvgIpc) is 2.69. The summed E-state index contributed by atoms with van der Waals surface area (Å²) in [6.45, 7) is 3.64. The first-order valence-corrected chi connectivity index (χ1v) is 7.66. The predicted octanol–water partition coefficient (Wildman–Crippen LogP) is 3.17. The quantitative estimate of drug-likeness (QED) is 0.942. The summed E-state index contributed by atoms with van der Waals surface area (Å²) in [6.07, 6.45) is 0. The number of hydrogen-bond acceptors (Lipinski definition) is 3. The van der Waals surface area contributed by atoms with Crippen molar-refractivity contribution in [2.24, 2.45) is 0 Å². The molecule has 0 radical (unpaired) electrons. The van der Waals surface area contributed by atoms with Gasteiger partial charge in [-0.25, -0.2) is 17.5 Å². The van der Waals surface area contributed by atoms with Gasteiger partial charge in [0.15, 0.2) is 0 Å². The second kappa shape index (κ2) is 5.55. The molecule has 0 amide bonds. The van der Waals surface area contributed by atoms with Gasteiger partial charge in [0, 0.05) is 12.1 Å². The van der Waals surface area contributed by atoms with E-state index in [2.05, 4.69) is 4.72 Å². The van der Waals surface area contributed by atoms with Gasteiger partial charge in [-0.15, -0.1) is 0 Å². The van der Waals surface area contributed by atoms with Crippen LogP contribution < -0.4 is 4.72 Å². The highest BCUT2D eigenvalue weighted by Gasteiger charge is 2.16. The van der Waals surface area contributed by atoms with Crippen molar-refractivity contribution in [3.63, 3.8) is 0 Å². The van der Waals surface area contributed by atoms with Gasteiger partial charge in [-0.2, -0.15) is 0 Å². The van der Waals surface area contributed by atoms with Crippen molar-refractivity contribution in [3.05, 3.63) is 52.2 Å². The minimum Gasteiger partial charge on any atom is -0.466 e. The summed E-state index contributed by atoms with van der Waals surface area (Å²) in [7, 11) is -3.75. The van der Waals surface area contributed by atoms with E-state index in [4.69, 9.17) is 16.0 Å². The largest absolute Gasteiger partial charge is 0.466 e. The molecule has 0 bridgehead atoms. The maximum Gasteiger partial charge on any atom is 0.240 e. The Labute approximate surface area is 121 Å². The molecule has 0 aliphatic rings. The molecule has 0 unspecified atom stereocenters. The van der Waals surface area contributed by atoms with Crippen molar-refractivity contribution < 1.29 is 17.2 Å². The van der Waals surface area contributed by atoms with Crippen LogP contribution in [0.25, 0.3) is 0 Å². The highest BCUT2D eigenvalue weighted by Crippen LogP contribution is 2.20. The van der Waals surface area contributed by atoms with E-state index in [1.807, 2.05) is 0 Å². The predicted molar refractivity (Wildman–Crippen MR) is 73.6 cm³/mol. The molecule has 1 N–H and O–H groups in total. The van der Waals surface area contributed by atoms with Crippen LogP contribution >= 0.6 is 11.6 Å². The fraction of sp³-hybridized carbons (Fsp3) is 0.231. The molecule has 0 atom stereocenters. The Morgan fingerprint density at radius 3 is 2.55 bits per heavy atom.